The van der Waals surface area contributed by atoms with Crippen LogP contribution < -0.4 is 10.6 Å². The van der Waals surface area contributed by atoms with Crippen LogP contribution in [0.1, 0.15) is 30.2 Å². The number of hydrogen-bond donors (Lipinski definition) is 2. The summed E-state index contributed by atoms with van der Waals surface area (Å²) in [6, 6.07) is 13.0. The van der Waals surface area contributed by atoms with Gasteiger partial charge in [-0.3, -0.25) is 9.59 Å². The fraction of sp³-hybridized carbons (Fsp3) is 0.286. The van der Waals surface area contributed by atoms with Gasteiger partial charge in [0, 0.05) is 17.3 Å². The Morgan fingerprint density at radius 3 is 2.36 bits per heavy atom. The Morgan fingerprint density at radius 1 is 1.04 bits per heavy atom. The number of amides is 2. The fourth-order valence-electron chi connectivity index (χ4n) is 2.80. The number of rotatable bonds is 7. The van der Waals surface area contributed by atoms with Crippen LogP contribution in [0, 0.1) is 6.92 Å². The lowest BCUT2D eigenvalue weighted by Crippen LogP contribution is -2.18. The Kier molecular flexibility index (Phi) is 5.34. The highest BCUT2D eigenvalue weighted by atomic mass is 32.2. The van der Waals surface area contributed by atoms with Gasteiger partial charge in [-0.15, -0.1) is 11.8 Å². The second-order valence-corrected chi connectivity index (χ2v) is 7.95. The van der Waals surface area contributed by atoms with Gasteiger partial charge in [-0.05, 0) is 50.1 Å². The summed E-state index contributed by atoms with van der Waals surface area (Å²) >= 11 is 1.27. The van der Waals surface area contributed by atoms with Crippen LogP contribution in [-0.4, -0.2) is 28.3 Å². The summed E-state index contributed by atoms with van der Waals surface area (Å²) in [7, 11) is 0. The molecule has 0 saturated heterocycles. The molecule has 1 aliphatic carbocycles. The molecule has 2 aromatic carbocycles. The van der Waals surface area contributed by atoms with Crippen LogP contribution in [0.25, 0.3) is 11.1 Å². The normalized spacial score (nSPS) is 13.5. The summed E-state index contributed by atoms with van der Waals surface area (Å²) in [6.07, 6.45) is 2.26. The molecule has 28 heavy (non-hydrogen) atoms. The number of aromatic nitrogens is 1. The largest absolute Gasteiger partial charge is 0.440 e. The fourth-order valence-corrected chi connectivity index (χ4v) is 3.41. The molecule has 1 fully saturated rings. The third-order valence-electron chi connectivity index (χ3n) is 4.42. The summed E-state index contributed by atoms with van der Waals surface area (Å²) in [5.41, 5.74) is 4.06. The average molecular weight is 395 g/mol. The maximum Gasteiger partial charge on any atom is 0.234 e. The van der Waals surface area contributed by atoms with E-state index in [2.05, 4.69) is 15.6 Å². The van der Waals surface area contributed by atoms with E-state index in [0.29, 0.717) is 11.6 Å². The van der Waals surface area contributed by atoms with Crippen molar-refractivity contribution in [2.24, 2.45) is 0 Å². The summed E-state index contributed by atoms with van der Waals surface area (Å²) in [5, 5.41) is 5.66. The zero-order valence-electron chi connectivity index (χ0n) is 15.5. The highest BCUT2D eigenvalue weighted by molar-refractivity contribution is 8.00. The monoisotopic (exact) mass is 395 g/mol. The second-order valence-electron chi connectivity index (χ2n) is 6.96. The van der Waals surface area contributed by atoms with Gasteiger partial charge in [-0.2, -0.15) is 0 Å². The van der Waals surface area contributed by atoms with Crippen LogP contribution in [0.5, 0.6) is 0 Å². The van der Waals surface area contributed by atoms with Crippen LogP contribution in [0.15, 0.2) is 46.9 Å². The van der Waals surface area contributed by atoms with Gasteiger partial charge in [0.15, 0.2) is 11.5 Å². The van der Waals surface area contributed by atoms with E-state index in [0.717, 1.165) is 41.1 Å². The lowest BCUT2D eigenvalue weighted by molar-refractivity contribution is -0.114. The lowest BCUT2D eigenvalue weighted by atomic mass is 10.2. The van der Waals surface area contributed by atoms with Gasteiger partial charge in [0.05, 0.1) is 11.5 Å². The predicted octanol–water partition coefficient (Wildman–Crippen LogP) is 4.32. The van der Waals surface area contributed by atoms with Gasteiger partial charge in [0.1, 0.15) is 5.52 Å². The molecule has 4 rings (SSSR count). The van der Waals surface area contributed by atoms with Crippen LogP contribution in [-0.2, 0) is 9.59 Å². The van der Waals surface area contributed by atoms with Crippen LogP contribution in [0.2, 0.25) is 0 Å². The number of nitrogens with one attached hydrogen (secondary N) is 2. The third-order valence-corrected chi connectivity index (χ3v) is 5.35. The average Bonchev–Trinajstić information content (AvgIpc) is 3.43. The number of thioether (sulfide) groups is 1. The molecule has 7 heteroatoms. The zero-order valence-corrected chi connectivity index (χ0v) is 16.3. The molecule has 1 aliphatic rings. The van der Waals surface area contributed by atoms with Gasteiger partial charge in [0.25, 0.3) is 0 Å². The number of carbonyl (C=O) groups excluding carboxylic acids is 2. The molecule has 0 radical (unpaired) electrons. The quantitative estimate of drug-likeness (QED) is 0.622. The molecule has 2 amide bonds. The van der Waals surface area contributed by atoms with E-state index >= 15 is 0 Å². The van der Waals surface area contributed by atoms with Gasteiger partial charge < -0.3 is 15.1 Å². The highest BCUT2D eigenvalue weighted by Crippen LogP contribution is 2.40. The Hall–Kier alpha value is -2.80. The Balaban J connectivity index is 1.24. The molecule has 1 saturated carbocycles. The number of fused-ring (bicyclic) bond motifs is 1. The Bertz CT molecular complexity index is 1010. The summed E-state index contributed by atoms with van der Waals surface area (Å²) in [6.45, 7) is 1.99. The van der Waals surface area contributed by atoms with Crippen molar-refractivity contribution in [2.45, 2.75) is 25.7 Å². The van der Waals surface area contributed by atoms with E-state index < -0.39 is 0 Å². The van der Waals surface area contributed by atoms with Crippen LogP contribution in [0.3, 0.4) is 0 Å². The standard InChI is InChI=1S/C21H21N3O3S/c1-13-2-6-15(7-3-13)22-19(25)11-28-12-20(26)23-16-8-9-18-17(10-16)24-21(27-18)14-4-5-14/h2-3,6-10,14H,4-5,11-12H2,1H3,(H,22,25)(H,23,26). The Labute approximate surface area is 167 Å². The number of benzene rings is 2. The van der Waals surface area contributed by atoms with Crippen molar-refractivity contribution in [1.29, 1.82) is 0 Å². The van der Waals surface area contributed by atoms with Crippen molar-refractivity contribution in [3.63, 3.8) is 0 Å². The van der Waals surface area contributed by atoms with E-state index in [1.165, 1.54) is 11.8 Å². The SMILES string of the molecule is Cc1ccc(NC(=O)CSCC(=O)Nc2ccc3oc(C4CC4)nc3c2)cc1. The number of nitrogens with zero attached hydrogens (tertiary/aromatic N) is 1. The van der Waals surface area contributed by atoms with Crippen molar-refractivity contribution in [3.05, 3.63) is 53.9 Å². The van der Waals surface area contributed by atoms with Crippen molar-refractivity contribution in [2.75, 3.05) is 22.1 Å². The van der Waals surface area contributed by atoms with Gasteiger partial charge in [-0.1, -0.05) is 17.7 Å². The topological polar surface area (TPSA) is 84.2 Å². The number of anilines is 2. The molecule has 0 aliphatic heterocycles. The molecular weight excluding hydrogens is 374 g/mol. The minimum absolute atomic E-state index is 0.127. The summed E-state index contributed by atoms with van der Waals surface area (Å²) in [4.78, 5) is 28.6. The van der Waals surface area contributed by atoms with Gasteiger partial charge in [0.2, 0.25) is 11.8 Å². The first-order valence-electron chi connectivity index (χ1n) is 9.21. The molecule has 1 aromatic heterocycles. The van der Waals surface area contributed by atoms with E-state index in [1.807, 2.05) is 43.3 Å². The van der Waals surface area contributed by atoms with Crippen molar-refractivity contribution >= 4 is 46.1 Å². The molecular formula is C21H21N3O3S. The predicted molar refractivity (Wildman–Crippen MR) is 112 cm³/mol. The molecule has 0 unspecified atom stereocenters. The van der Waals surface area contributed by atoms with Crippen molar-refractivity contribution < 1.29 is 14.0 Å². The molecule has 0 spiro atoms. The molecule has 3 aromatic rings. The summed E-state index contributed by atoms with van der Waals surface area (Å²) < 4.78 is 5.73. The molecule has 0 atom stereocenters. The maximum absolute atomic E-state index is 12.1. The van der Waals surface area contributed by atoms with E-state index in [-0.39, 0.29) is 23.3 Å². The lowest BCUT2D eigenvalue weighted by Gasteiger charge is -2.06. The van der Waals surface area contributed by atoms with Gasteiger partial charge in [-0.25, -0.2) is 4.98 Å². The highest BCUT2D eigenvalue weighted by Gasteiger charge is 2.28. The Morgan fingerprint density at radius 2 is 1.68 bits per heavy atom. The minimum atomic E-state index is -0.154. The minimum Gasteiger partial charge on any atom is -0.440 e. The number of hydrogen-bond acceptors (Lipinski definition) is 5. The van der Waals surface area contributed by atoms with Crippen LogP contribution >= 0.6 is 11.8 Å². The number of aryl methyl sites for hydroxylation is 1. The molecule has 1 heterocycles. The number of oxazole rings is 1. The second kappa shape index (κ2) is 8.06. The van der Waals surface area contributed by atoms with Crippen molar-refractivity contribution in [3.8, 4) is 0 Å². The molecule has 2 N–H and O–H groups in total. The molecule has 144 valence electrons. The van der Waals surface area contributed by atoms with Crippen LogP contribution in [0.4, 0.5) is 11.4 Å². The van der Waals surface area contributed by atoms with Gasteiger partial charge >= 0.3 is 0 Å². The van der Waals surface area contributed by atoms with E-state index in [1.54, 1.807) is 6.07 Å². The smallest absolute Gasteiger partial charge is 0.234 e. The third kappa shape index (κ3) is 4.72. The van der Waals surface area contributed by atoms with E-state index in [9.17, 15) is 9.59 Å². The zero-order chi connectivity index (χ0) is 19.5. The maximum atomic E-state index is 12.1. The molecule has 6 nitrogen and oxygen atoms in total. The molecule has 0 bridgehead atoms. The number of carbonyl (C=O) groups is 2. The first-order chi connectivity index (χ1) is 13.6. The van der Waals surface area contributed by atoms with Crippen molar-refractivity contribution in [1.82, 2.24) is 4.98 Å². The summed E-state index contributed by atoms with van der Waals surface area (Å²) in [5.74, 6) is 1.37. The first-order valence-corrected chi connectivity index (χ1v) is 10.4. The first kappa shape index (κ1) is 18.6. The van der Waals surface area contributed by atoms with E-state index in [4.69, 9.17) is 4.42 Å².